The summed E-state index contributed by atoms with van der Waals surface area (Å²) in [6.45, 7) is 5.83. The molecule has 1 unspecified atom stereocenters. The molecule has 1 rings (SSSR count). The van der Waals surface area contributed by atoms with Crippen LogP contribution in [0.1, 0.15) is 31.9 Å². The standard InChI is InChI=1S/C12H15Cl3/c1-11(2,14)9-4-6-10(7-5-9)12(3,15)8-13/h4-7H,8H2,1-3H3. The lowest BCUT2D eigenvalue weighted by atomic mass is 9.96. The van der Waals surface area contributed by atoms with Crippen LogP contribution in [0, 0.1) is 0 Å². The average molecular weight is 266 g/mol. The van der Waals surface area contributed by atoms with Crippen molar-refractivity contribution in [3.05, 3.63) is 35.4 Å². The predicted octanol–water partition coefficient (Wildman–Crippen LogP) is 4.85. The molecule has 1 aromatic carbocycles. The van der Waals surface area contributed by atoms with Crippen molar-refractivity contribution in [2.24, 2.45) is 0 Å². The summed E-state index contributed by atoms with van der Waals surface area (Å²) in [7, 11) is 0. The minimum Gasteiger partial charge on any atom is -0.124 e. The van der Waals surface area contributed by atoms with E-state index >= 15 is 0 Å². The summed E-state index contributed by atoms with van der Waals surface area (Å²) in [5.74, 6) is 0.387. The second kappa shape index (κ2) is 4.53. The van der Waals surface area contributed by atoms with Gasteiger partial charge in [0.2, 0.25) is 0 Å². The molecule has 84 valence electrons. The van der Waals surface area contributed by atoms with Crippen molar-refractivity contribution in [2.75, 3.05) is 5.88 Å². The van der Waals surface area contributed by atoms with Crippen molar-refractivity contribution in [1.29, 1.82) is 0 Å². The maximum Gasteiger partial charge on any atom is 0.0801 e. The van der Waals surface area contributed by atoms with E-state index in [0.29, 0.717) is 5.88 Å². The van der Waals surface area contributed by atoms with Gasteiger partial charge in [-0.25, -0.2) is 0 Å². The van der Waals surface area contributed by atoms with Crippen LogP contribution in [0.4, 0.5) is 0 Å². The van der Waals surface area contributed by atoms with Crippen LogP contribution in [-0.4, -0.2) is 5.88 Å². The van der Waals surface area contributed by atoms with Gasteiger partial charge in [0.25, 0.3) is 0 Å². The Morgan fingerprint density at radius 2 is 1.33 bits per heavy atom. The molecule has 0 amide bonds. The van der Waals surface area contributed by atoms with E-state index in [9.17, 15) is 0 Å². The van der Waals surface area contributed by atoms with E-state index in [-0.39, 0.29) is 4.87 Å². The van der Waals surface area contributed by atoms with Gasteiger partial charge < -0.3 is 0 Å². The maximum absolute atomic E-state index is 6.25. The van der Waals surface area contributed by atoms with Crippen LogP contribution in [0.3, 0.4) is 0 Å². The van der Waals surface area contributed by atoms with Crippen molar-refractivity contribution < 1.29 is 0 Å². The van der Waals surface area contributed by atoms with Crippen molar-refractivity contribution in [1.82, 2.24) is 0 Å². The van der Waals surface area contributed by atoms with E-state index in [1.54, 1.807) is 0 Å². The largest absolute Gasteiger partial charge is 0.124 e. The summed E-state index contributed by atoms with van der Waals surface area (Å²) in [5.41, 5.74) is 2.10. The third kappa shape index (κ3) is 3.27. The first-order valence-electron chi connectivity index (χ1n) is 4.82. The molecule has 0 N–H and O–H groups in total. The fraction of sp³-hybridized carbons (Fsp3) is 0.500. The third-order valence-corrected chi connectivity index (χ3v) is 3.67. The van der Waals surface area contributed by atoms with E-state index < -0.39 is 4.87 Å². The van der Waals surface area contributed by atoms with Crippen LogP contribution >= 0.6 is 34.8 Å². The first-order valence-corrected chi connectivity index (χ1v) is 6.11. The van der Waals surface area contributed by atoms with E-state index in [1.807, 2.05) is 45.0 Å². The second-order valence-corrected chi connectivity index (χ2v) is 6.43. The minimum absolute atomic E-state index is 0.345. The third-order valence-electron chi connectivity index (χ3n) is 2.42. The Kier molecular flexibility index (Phi) is 3.97. The Balaban J connectivity index is 3.01. The van der Waals surface area contributed by atoms with Crippen molar-refractivity contribution in [3.8, 4) is 0 Å². The number of halogens is 3. The first kappa shape index (κ1) is 13.2. The number of rotatable bonds is 3. The van der Waals surface area contributed by atoms with Gasteiger partial charge >= 0.3 is 0 Å². The summed E-state index contributed by atoms with van der Waals surface area (Å²) in [4.78, 5) is -0.848. The topological polar surface area (TPSA) is 0 Å². The molecule has 0 spiro atoms. The lowest BCUT2D eigenvalue weighted by Gasteiger charge is -2.21. The molecule has 15 heavy (non-hydrogen) atoms. The summed E-state index contributed by atoms with van der Waals surface area (Å²) >= 11 is 18.2. The molecule has 0 bridgehead atoms. The van der Waals surface area contributed by atoms with E-state index in [1.165, 1.54) is 0 Å². The zero-order valence-electron chi connectivity index (χ0n) is 9.15. The van der Waals surface area contributed by atoms with Gasteiger partial charge in [-0.05, 0) is 31.9 Å². The molecule has 0 saturated carbocycles. The summed E-state index contributed by atoms with van der Waals surface area (Å²) in [5, 5.41) is 0. The van der Waals surface area contributed by atoms with Gasteiger partial charge in [0.05, 0.1) is 9.75 Å². The Labute approximate surface area is 107 Å². The van der Waals surface area contributed by atoms with E-state index in [4.69, 9.17) is 34.8 Å². The fourth-order valence-electron chi connectivity index (χ4n) is 1.29. The maximum atomic E-state index is 6.25. The highest BCUT2D eigenvalue weighted by Crippen LogP contribution is 2.33. The van der Waals surface area contributed by atoms with Crippen molar-refractivity contribution in [3.63, 3.8) is 0 Å². The van der Waals surface area contributed by atoms with Crippen LogP contribution in [0.15, 0.2) is 24.3 Å². The van der Waals surface area contributed by atoms with E-state index in [0.717, 1.165) is 11.1 Å². The average Bonchev–Trinajstić information content (AvgIpc) is 2.17. The molecule has 0 aliphatic heterocycles. The van der Waals surface area contributed by atoms with Gasteiger partial charge in [-0.3, -0.25) is 0 Å². The van der Waals surface area contributed by atoms with Crippen molar-refractivity contribution in [2.45, 2.75) is 30.5 Å². The number of hydrogen-bond acceptors (Lipinski definition) is 0. The highest BCUT2D eigenvalue weighted by molar-refractivity contribution is 6.30. The molecule has 1 atom stereocenters. The van der Waals surface area contributed by atoms with Gasteiger partial charge in [-0.2, -0.15) is 0 Å². The summed E-state index contributed by atoms with van der Waals surface area (Å²) in [6.07, 6.45) is 0. The molecule has 0 aliphatic carbocycles. The lowest BCUT2D eigenvalue weighted by Crippen LogP contribution is -2.16. The molecule has 0 saturated heterocycles. The molecule has 1 aromatic rings. The summed E-state index contributed by atoms with van der Waals surface area (Å²) < 4.78 is 0. The minimum atomic E-state index is -0.503. The van der Waals surface area contributed by atoms with Gasteiger partial charge in [0.15, 0.2) is 0 Å². The van der Waals surface area contributed by atoms with Gasteiger partial charge in [0.1, 0.15) is 0 Å². The summed E-state index contributed by atoms with van der Waals surface area (Å²) in [6, 6.07) is 7.95. The Bertz CT molecular complexity index is 320. The van der Waals surface area contributed by atoms with Crippen LogP contribution in [-0.2, 0) is 9.75 Å². The highest BCUT2D eigenvalue weighted by Gasteiger charge is 2.23. The molecule has 0 aromatic heterocycles. The van der Waals surface area contributed by atoms with E-state index in [2.05, 4.69) is 0 Å². The lowest BCUT2D eigenvalue weighted by molar-refractivity contribution is 0.751. The number of alkyl halides is 3. The Morgan fingerprint density at radius 3 is 1.67 bits per heavy atom. The predicted molar refractivity (Wildman–Crippen MR) is 69.2 cm³/mol. The van der Waals surface area contributed by atoms with Gasteiger partial charge in [0, 0.05) is 5.88 Å². The number of hydrogen-bond donors (Lipinski definition) is 0. The molecular formula is C12H15Cl3. The fourth-order valence-corrected chi connectivity index (χ4v) is 1.70. The van der Waals surface area contributed by atoms with Gasteiger partial charge in [-0.1, -0.05) is 24.3 Å². The quantitative estimate of drug-likeness (QED) is 0.685. The Hall–Kier alpha value is 0.0900. The van der Waals surface area contributed by atoms with Crippen LogP contribution in [0.5, 0.6) is 0 Å². The molecule has 0 heterocycles. The first-order chi connectivity index (χ1) is 6.77. The normalized spacial score (nSPS) is 16.1. The van der Waals surface area contributed by atoms with Crippen LogP contribution in [0.2, 0.25) is 0 Å². The molecule has 0 nitrogen and oxygen atoms in total. The molecule has 0 radical (unpaired) electrons. The molecule has 0 fully saturated rings. The SMILES string of the molecule is CC(C)(Cl)c1ccc(C(C)(Cl)CCl)cc1. The van der Waals surface area contributed by atoms with Crippen molar-refractivity contribution >= 4 is 34.8 Å². The molecule has 0 aliphatic rings. The molecular weight excluding hydrogens is 250 g/mol. The molecule has 3 heteroatoms. The highest BCUT2D eigenvalue weighted by atomic mass is 35.5. The zero-order chi connectivity index (χ0) is 11.7. The second-order valence-electron chi connectivity index (χ2n) is 4.38. The number of benzene rings is 1. The Morgan fingerprint density at radius 1 is 0.933 bits per heavy atom. The van der Waals surface area contributed by atoms with Crippen LogP contribution < -0.4 is 0 Å². The van der Waals surface area contributed by atoms with Crippen LogP contribution in [0.25, 0.3) is 0 Å². The smallest absolute Gasteiger partial charge is 0.0801 e. The van der Waals surface area contributed by atoms with Gasteiger partial charge in [-0.15, -0.1) is 34.8 Å². The monoisotopic (exact) mass is 264 g/mol. The zero-order valence-corrected chi connectivity index (χ0v) is 11.4.